The quantitative estimate of drug-likeness (QED) is 0.712. The summed E-state index contributed by atoms with van der Waals surface area (Å²) in [6.45, 7) is 1.78. The molecule has 1 aromatic heterocycles. The highest BCUT2D eigenvalue weighted by molar-refractivity contribution is 7.09. The number of carbonyl (C=O) groups excluding carboxylic acids is 1. The Morgan fingerprint density at radius 2 is 2.32 bits per heavy atom. The molecule has 0 aromatic carbocycles. The summed E-state index contributed by atoms with van der Waals surface area (Å²) in [4.78, 5) is 26.7. The third-order valence-electron chi connectivity index (χ3n) is 2.92. The van der Waals surface area contributed by atoms with Crippen LogP contribution >= 0.6 is 11.3 Å². The van der Waals surface area contributed by atoms with E-state index in [1.54, 1.807) is 13.0 Å². The summed E-state index contributed by atoms with van der Waals surface area (Å²) in [7, 11) is 0. The lowest BCUT2D eigenvalue weighted by atomic mass is 10.1. The van der Waals surface area contributed by atoms with Crippen LogP contribution in [0.4, 0.5) is 0 Å². The number of hydrogen-bond donors (Lipinski definition) is 3. The molecule has 19 heavy (non-hydrogen) atoms. The van der Waals surface area contributed by atoms with Gasteiger partial charge in [0.05, 0.1) is 12.0 Å². The molecular weight excluding hydrogens is 266 g/mol. The van der Waals surface area contributed by atoms with Crippen LogP contribution in [0.15, 0.2) is 17.5 Å². The van der Waals surface area contributed by atoms with Crippen molar-refractivity contribution in [2.75, 3.05) is 0 Å². The molecule has 0 bridgehead atoms. The maximum absolute atomic E-state index is 12.0. The van der Waals surface area contributed by atoms with Crippen molar-refractivity contribution in [2.24, 2.45) is 11.7 Å². The molecule has 0 spiro atoms. The van der Waals surface area contributed by atoms with Gasteiger partial charge in [0, 0.05) is 11.4 Å². The molecule has 1 amide bonds. The van der Waals surface area contributed by atoms with Crippen molar-refractivity contribution >= 4 is 23.2 Å². The molecular formula is C12H15N3O3S. The van der Waals surface area contributed by atoms with Crippen molar-refractivity contribution in [3.63, 3.8) is 0 Å². The summed E-state index contributed by atoms with van der Waals surface area (Å²) >= 11 is 1.22. The highest BCUT2D eigenvalue weighted by Gasteiger charge is 2.24. The normalized spacial score (nSPS) is 23.3. The first-order valence-corrected chi connectivity index (χ1v) is 6.78. The summed E-state index contributed by atoms with van der Waals surface area (Å²) in [6, 6.07) is -0.375. The van der Waals surface area contributed by atoms with E-state index >= 15 is 0 Å². The van der Waals surface area contributed by atoms with Gasteiger partial charge in [0.15, 0.2) is 5.69 Å². The predicted molar refractivity (Wildman–Crippen MR) is 70.9 cm³/mol. The lowest BCUT2D eigenvalue weighted by Crippen LogP contribution is -2.32. The van der Waals surface area contributed by atoms with Gasteiger partial charge in [0.1, 0.15) is 5.01 Å². The lowest BCUT2D eigenvalue weighted by Gasteiger charge is -2.14. The number of carboxylic acid groups (broad SMARTS) is 1. The minimum absolute atomic E-state index is 0.00360. The van der Waals surface area contributed by atoms with Gasteiger partial charge < -0.3 is 16.2 Å². The number of aromatic carboxylic acids is 1. The van der Waals surface area contributed by atoms with Crippen LogP contribution in [0.3, 0.4) is 0 Å². The number of carbonyl (C=O) groups is 2. The van der Waals surface area contributed by atoms with E-state index < -0.39 is 5.97 Å². The van der Waals surface area contributed by atoms with Crippen molar-refractivity contribution in [1.29, 1.82) is 0 Å². The molecule has 2 rings (SSSR count). The molecule has 0 aliphatic heterocycles. The topological polar surface area (TPSA) is 105 Å². The predicted octanol–water partition coefficient (Wildman–Crippen LogP) is 0.922. The number of carboxylic acids is 1. The van der Waals surface area contributed by atoms with E-state index in [2.05, 4.69) is 10.3 Å². The van der Waals surface area contributed by atoms with Crippen LogP contribution in [-0.2, 0) is 4.79 Å². The first kappa shape index (κ1) is 13.7. The minimum Gasteiger partial charge on any atom is -0.476 e. The molecule has 1 aliphatic carbocycles. The number of thiazole rings is 1. The van der Waals surface area contributed by atoms with Crippen LogP contribution in [0.1, 0.15) is 34.9 Å². The van der Waals surface area contributed by atoms with E-state index in [-0.39, 0.29) is 29.6 Å². The zero-order chi connectivity index (χ0) is 14.0. The first-order chi connectivity index (χ1) is 8.97. The number of nitrogens with two attached hydrogens (primary N) is 1. The van der Waals surface area contributed by atoms with Crippen molar-refractivity contribution in [3.8, 4) is 0 Å². The summed E-state index contributed by atoms with van der Waals surface area (Å²) in [6.07, 6.45) is 4.23. The summed E-state index contributed by atoms with van der Waals surface area (Å²) in [5.41, 5.74) is 5.70. The smallest absolute Gasteiger partial charge is 0.355 e. The monoisotopic (exact) mass is 281 g/mol. The van der Waals surface area contributed by atoms with Crippen LogP contribution in [0, 0.1) is 5.92 Å². The van der Waals surface area contributed by atoms with Crippen molar-refractivity contribution < 1.29 is 14.7 Å². The van der Waals surface area contributed by atoms with E-state index in [0.717, 1.165) is 0 Å². The second kappa shape index (κ2) is 5.50. The molecule has 3 unspecified atom stereocenters. The van der Waals surface area contributed by atoms with E-state index in [0.29, 0.717) is 11.4 Å². The Labute approximate surface area is 114 Å². The molecule has 7 heteroatoms. The first-order valence-electron chi connectivity index (χ1n) is 5.90. The van der Waals surface area contributed by atoms with Crippen molar-refractivity contribution in [2.45, 2.75) is 25.4 Å². The van der Waals surface area contributed by atoms with Gasteiger partial charge >= 0.3 is 5.97 Å². The van der Waals surface area contributed by atoms with Gasteiger partial charge in [-0.15, -0.1) is 11.3 Å². The van der Waals surface area contributed by atoms with Crippen LogP contribution < -0.4 is 11.1 Å². The third kappa shape index (κ3) is 3.18. The Balaban J connectivity index is 1.96. The van der Waals surface area contributed by atoms with Gasteiger partial charge in [0.25, 0.3) is 0 Å². The number of aromatic nitrogens is 1. The van der Waals surface area contributed by atoms with Crippen LogP contribution in [0.5, 0.6) is 0 Å². The summed E-state index contributed by atoms with van der Waals surface area (Å²) < 4.78 is 0. The molecule has 1 aliphatic rings. The number of amides is 1. The summed E-state index contributed by atoms with van der Waals surface area (Å²) in [5, 5.41) is 13.7. The highest BCUT2D eigenvalue weighted by atomic mass is 32.1. The van der Waals surface area contributed by atoms with Crippen LogP contribution in [0.2, 0.25) is 0 Å². The molecule has 0 radical (unpaired) electrons. The van der Waals surface area contributed by atoms with E-state index in [1.807, 2.05) is 6.08 Å². The lowest BCUT2D eigenvalue weighted by molar-refractivity contribution is -0.124. The molecule has 0 saturated carbocycles. The van der Waals surface area contributed by atoms with Crippen LogP contribution in [-0.4, -0.2) is 28.0 Å². The largest absolute Gasteiger partial charge is 0.476 e. The Morgan fingerprint density at radius 1 is 1.58 bits per heavy atom. The zero-order valence-electron chi connectivity index (χ0n) is 10.4. The molecule has 6 nitrogen and oxygen atoms in total. The fourth-order valence-electron chi connectivity index (χ4n) is 1.89. The molecule has 1 heterocycles. The fourth-order valence-corrected chi connectivity index (χ4v) is 2.69. The third-order valence-corrected chi connectivity index (χ3v) is 3.95. The Hall–Kier alpha value is -1.73. The molecule has 4 N–H and O–H groups in total. The van der Waals surface area contributed by atoms with Crippen LogP contribution in [0.25, 0.3) is 0 Å². The maximum atomic E-state index is 12.0. The van der Waals surface area contributed by atoms with Crippen molar-refractivity contribution in [3.05, 3.63) is 28.2 Å². The van der Waals surface area contributed by atoms with Gasteiger partial charge in [-0.3, -0.25) is 4.79 Å². The molecule has 1 aromatic rings. The van der Waals surface area contributed by atoms with Gasteiger partial charge in [-0.2, -0.15) is 0 Å². The zero-order valence-corrected chi connectivity index (χ0v) is 11.2. The van der Waals surface area contributed by atoms with Crippen molar-refractivity contribution in [1.82, 2.24) is 10.3 Å². The second-order valence-electron chi connectivity index (χ2n) is 4.50. The average Bonchev–Trinajstić information content (AvgIpc) is 2.96. The fraction of sp³-hybridized carbons (Fsp3) is 0.417. The van der Waals surface area contributed by atoms with E-state index in [4.69, 9.17) is 10.8 Å². The standard InChI is InChI=1S/C12H15N3O3S/c1-6(11-15-9(5-19-11)12(17)18)14-10(16)7-2-3-8(13)4-7/h2-3,5-8H,4,13H2,1H3,(H,14,16)(H,17,18). The average molecular weight is 281 g/mol. The minimum atomic E-state index is -1.06. The number of hydrogen-bond acceptors (Lipinski definition) is 5. The van der Waals surface area contributed by atoms with E-state index in [9.17, 15) is 9.59 Å². The Bertz CT molecular complexity index is 526. The van der Waals surface area contributed by atoms with E-state index in [1.165, 1.54) is 16.7 Å². The Morgan fingerprint density at radius 3 is 2.84 bits per heavy atom. The summed E-state index contributed by atoms with van der Waals surface area (Å²) in [5.74, 6) is -1.38. The number of rotatable bonds is 4. The second-order valence-corrected chi connectivity index (χ2v) is 5.39. The molecule has 0 fully saturated rings. The molecule has 0 saturated heterocycles. The number of nitrogens with zero attached hydrogens (tertiary/aromatic N) is 1. The number of nitrogens with one attached hydrogen (secondary N) is 1. The van der Waals surface area contributed by atoms with Gasteiger partial charge in [-0.25, -0.2) is 9.78 Å². The van der Waals surface area contributed by atoms with Gasteiger partial charge in [-0.05, 0) is 13.3 Å². The SMILES string of the molecule is CC(NC(=O)C1C=CC(N)C1)c1nc(C(=O)O)cs1. The molecule has 3 atom stereocenters. The van der Waals surface area contributed by atoms with Gasteiger partial charge in [-0.1, -0.05) is 12.2 Å². The Kier molecular flexibility index (Phi) is 3.96. The highest BCUT2D eigenvalue weighted by Crippen LogP contribution is 2.21. The maximum Gasteiger partial charge on any atom is 0.355 e. The van der Waals surface area contributed by atoms with Gasteiger partial charge in [0.2, 0.25) is 5.91 Å². The molecule has 102 valence electrons.